The molecule has 0 unspecified atom stereocenters. The zero-order valence-corrected chi connectivity index (χ0v) is 13.7. The molecule has 8 nitrogen and oxygen atoms in total. The van der Waals surface area contributed by atoms with E-state index in [1.165, 1.54) is 24.3 Å². The molecule has 0 fully saturated rings. The average Bonchev–Trinajstić information content (AvgIpc) is 3.23. The van der Waals surface area contributed by atoms with E-state index in [2.05, 4.69) is 20.6 Å². The maximum atomic E-state index is 12.2. The summed E-state index contributed by atoms with van der Waals surface area (Å²) < 4.78 is 35.9. The van der Waals surface area contributed by atoms with E-state index in [9.17, 15) is 13.6 Å². The van der Waals surface area contributed by atoms with Crippen molar-refractivity contribution in [2.45, 2.75) is 19.9 Å². The van der Waals surface area contributed by atoms with Gasteiger partial charge in [-0.1, -0.05) is 11.2 Å². The van der Waals surface area contributed by atoms with Crippen LogP contribution in [0.2, 0.25) is 0 Å². The maximum absolute atomic E-state index is 12.2. The van der Waals surface area contributed by atoms with E-state index in [1.54, 1.807) is 10.9 Å². The molecule has 26 heavy (non-hydrogen) atoms. The molecule has 0 saturated heterocycles. The minimum atomic E-state index is -2.61. The van der Waals surface area contributed by atoms with Crippen LogP contribution in [0.3, 0.4) is 0 Å². The zero-order chi connectivity index (χ0) is 18.5. The highest BCUT2D eigenvalue weighted by Gasteiger charge is 2.14. The lowest BCUT2D eigenvalue weighted by atomic mass is 10.3. The fraction of sp³-hybridized carbons (Fsp3) is 0.250. The number of pyridine rings is 1. The molecule has 0 bridgehead atoms. The number of nitrogens with zero attached hydrogens (tertiary/aromatic N) is 4. The number of aromatic nitrogens is 4. The Morgan fingerprint density at radius 1 is 1.42 bits per heavy atom. The molecular formula is C16H15F2N5O3. The fourth-order valence-electron chi connectivity index (χ4n) is 2.10. The van der Waals surface area contributed by atoms with Crippen LogP contribution in [0.25, 0.3) is 0 Å². The normalized spacial score (nSPS) is 10.9. The first-order valence-corrected chi connectivity index (χ1v) is 7.63. The van der Waals surface area contributed by atoms with Gasteiger partial charge in [-0.25, -0.2) is 8.78 Å². The summed E-state index contributed by atoms with van der Waals surface area (Å²) in [6, 6.07) is 5.93. The van der Waals surface area contributed by atoms with E-state index in [1.807, 2.05) is 13.1 Å². The van der Waals surface area contributed by atoms with Gasteiger partial charge < -0.3 is 14.6 Å². The lowest BCUT2D eigenvalue weighted by Gasteiger charge is -2.06. The van der Waals surface area contributed by atoms with Crippen LogP contribution < -0.4 is 10.1 Å². The monoisotopic (exact) mass is 363 g/mol. The van der Waals surface area contributed by atoms with Gasteiger partial charge in [-0.15, -0.1) is 0 Å². The molecule has 10 heteroatoms. The summed E-state index contributed by atoms with van der Waals surface area (Å²) in [6.07, 6.45) is 0.928. The van der Waals surface area contributed by atoms with Gasteiger partial charge >= 0.3 is 0 Å². The van der Waals surface area contributed by atoms with Crippen LogP contribution >= 0.6 is 0 Å². The Morgan fingerprint density at radius 3 is 3.00 bits per heavy atom. The molecule has 0 spiro atoms. The van der Waals surface area contributed by atoms with E-state index in [0.29, 0.717) is 12.3 Å². The van der Waals surface area contributed by atoms with Gasteiger partial charge in [0.15, 0.2) is 18.1 Å². The zero-order valence-electron chi connectivity index (χ0n) is 13.7. The van der Waals surface area contributed by atoms with E-state index in [-0.39, 0.29) is 17.4 Å². The van der Waals surface area contributed by atoms with Crippen LogP contribution in [0, 0.1) is 6.92 Å². The van der Waals surface area contributed by atoms with E-state index >= 15 is 0 Å². The number of carbonyl (C=O) groups is 1. The summed E-state index contributed by atoms with van der Waals surface area (Å²) >= 11 is 0. The predicted molar refractivity (Wildman–Crippen MR) is 86.3 cm³/mol. The van der Waals surface area contributed by atoms with Crippen LogP contribution in [0.15, 0.2) is 41.2 Å². The van der Waals surface area contributed by atoms with Crippen molar-refractivity contribution in [3.8, 4) is 5.88 Å². The average molecular weight is 363 g/mol. The predicted octanol–water partition coefficient (Wildman–Crippen LogP) is 2.52. The molecule has 1 N–H and O–H groups in total. The highest BCUT2D eigenvalue weighted by atomic mass is 19.3. The van der Waals surface area contributed by atoms with Crippen molar-refractivity contribution in [3.05, 3.63) is 53.7 Å². The number of amides is 1. The first-order valence-electron chi connectivity index (χ1n) is 7.63. The van der Waals surface area contributed by atoms with Crippen molar-refractivity contribution in [2.75, 3.05) is 11.9 Å². The van der Waals surface area contributed by atoms with Crippen LogP contribution in [-0.2, 0) is 6.54 Å². The third kappa shape index (κ3) is 4.62. The number of hydrogen-bond acceptors (Lipinski definition) is 6. The Hall–Kier alpha value is -3.30. The van der Waals surface area contributed by atoms with Gasteiger partial charge in [-0.2, -0.15) is 10.1 Å². The summed E-state index contributed by atoms with van der Waals surface area (Å²) in [4.78, 5) is 16.1. The molecule has 0 aromatic carbocycles. The van der Waals surface area contributed by atoms with Gasteiger partial charge in [0.1, 0.15) is 12.4 Å². The summed E-state index contributed by atoms with van der Waals surface area (Å²) in [7, 11) is 0. The first kappa shape index (κ1) is 17.5. The van der Waals surface area contributed by atoms with Crippen molar-refractivity contribution < 1.29 is 22.8 Å². The van der Waals surface area contributed by atoms with Gasteiger partial charge in [0.05, 0.1) is 6.20 Å². The van der Waals surface area contributed by atoms with Crippen molar-refractivity contribution in [1.82, 2.24) is 19.9 Å². The number of anilines is 1. The van der Waals surface area contributed by atoms with Crippen LogP contribution in [-0.4, -0.2) is 38.9 Å². The van der Waals surface area contributed by atoms with Gasteiger partial charge in [-0.3, -0.25) is 9.48 Å². The second-order valence-corrected chi connectivity index (χ2v) is 5.41. The van der Waals surface area contributed by atoms with Crippen LogP contribution in [0.5, 0.6) is 5.88 Å². The number of alkyl halides is 2. The lowest BCUT2D eigenvalue weighted by Crippen LogP contribution is -2.14. The Bertz CT molecular complexity index is 893. The Morgan fingerprint density at radius 2 is 2.27 bits per heavy atom. The Balaban J connectivity index is 1.62. The summed E-state index contributed by atoms with van der Waals surface area (Å²) in [5, 5.41) is 10.3. The highest BCUT2D eigenvalue weighted by molar-refractivity contribution is 6.02. The van der Waals surface area contributed by atoms with Crippen molar-refractivity contribution in [3.63, 3.8) is 0 Å². The van der Waals surface area contributed by atoms with Crippen molar-refractivity contribution in [1.29, 1.82) is 0 Å². The molecule has 3 heterocycles. The highest BCUT2D eigenvalue weighted by Crippen LogP contribution is 2.14. The molecule has 0 aliphatic rings. The summed E-state index contributed by atoms with van der Waals surface area (Å²) in [6.45, 7) is 1.47. The summed E-state index contributed by atoms with van der Waals surface area (Å²) in [5.74, 6) is 0.0439. The molecule has 0 saturated carbocycles. The maximum Gasteiger partial charge on any atom is 0.279 e. The van der Waals surface area contributed by atoms with Gasteiger partial charge in [-0.05, 0) is 18.6 Å². The number of halogens is 2. The third-order valence-electron chi connectivity index (χ3n) is 3.19. The molecule has 3 aromatic rings. The van der Waals surface area contributed by atoms with Gasteiger partial charge in [0.25, 0.3) is 12.3 Å². The molecule has 0 aliphatic carbocycles. The van der Waals surface area contributed by atoms with E-state index in [0.717, 1.165) is 5.56 Å². The van der Waals surface area contributed by atoms with E-state index in [4.69, 9.17) is 9.26 Å². The lowest BCUT2D eigenvalue weighted by molar-refractivity contribution is 0.0796. The number of ether oxygens (including phenoxy) is 1. The number of rotatable bonds is 7. The number of nitrogens with one attached hydrogen (secondary N) is 1. The molecule has 136 valence electrons. The second-order valence-electron chi connectivity index (χ2n) is 5.41. The smallest absolute Gasteiger partial charge is 0.279 e. The molecule has 3 aromatic heterocycles. The molecular weight excluding hydrogens is 348 g/mol. The standard InChI is InChI=1S/C16H15F2N5O3/c1-10-6-19-23(7-10)8-11-5-12(22-26-11)16(24)21-14-3-2-4-15(20-14)25-9-13(17)18/h2-7,13H,8-9H2,1H3,(H,20,21,24). The summed E-state index contributed by atoms with van der Waals surface area (Å²) in [5.41, 5.74) is 1.06. The number of hydrogen-bond donors (Lipinski definition) is 1. The molecule has 3 rings (SSSR count). The van der Waals surface area contributed by atoms with E-state index < -0.39 is 18.9 Å². The third-order valence-corrected chi connectivity index (χ3v) is 3.19. The second kappa shape index (κ2) is 7.72. The minimum Gasteiger partial charge on any atom is -0.472 e. The molecule has 0 radical (unpaired) electrons. The molecule has 0 aliphatic heterocycles. The van der Waals surface area contributed by atoms with Gasteiger partial charge in [0.2, 0.25) is 5.88 Å². The van der Waals surface area contributed by atoms with Crippen LogP contribution in [0.4, 0.5) is 14.6 Å². The molecule has 0 atom stereocenters. The number of carbonyl (C=O) groups excluding carboxylic acids is 1. The SMILES string of the molecule is Cc1cnn(Cc2cc(C(=O)Nc3cccc(OCC(F)F)n3)no2)c1. The topological polar surface area (TPSA) is 95.1 Å². The fourth-order valence-corrected chi connectivity index (χ4v) is 2.10. The molecule has 1 amide bonds. The minimum absolute atomic E-state index is 0.0157. The number of aryl methyl sites for hydroxylation is 1. The quantitative estimate of drug-likeness (QED) is 0.693. The first-order chi connectivity index (χ1) is 12.5. The largest absolute Gasteiger partial charge is 0.472 e. The van der Waals surface area contributed by atoms with Gasteiger partial charge in [0, 0.05) is 18.3 Å². The Labute approximate surface area is 146 Å². The van der Waals surface area contributed by atoms with Crippen LogP contribution in [0.1, 0.15) is 21.8 Å². The van der Waals surface area contributed by atoms with Crippen molar-refractivity contribution >= 4 is 11.7 Å². The Kier molecular flexibility index (Phi) is 5.20. The van der Waals surface area contributed by atoms with Crippen molar-refractivity contribution in [2.24, 2.45) is 0 Å².